The number of aromatic nitrogens is 4. The molecule has 5 nitrogen and oxygen atoms in total. The fraction of sp³-hybridized carbons (Fsp3) is 0.389. The van der Waals surface area contributed by atoms with Crippen LogP contribution in [0.5, 0.6) is 0 Å². The largest absolute Gasteiger partial charge is 0.290 e. The van der Waals surface area contributed by atoms with Crippen LogP contribution in [0.4, 0.5) is 0 Å². The van der Waals surface area contributed by atoms with Gasteiger partial charge >= 0.3 is 0 Å². The fourth-order valence-corrected chi connectivity index (χ4v) is 3.01. The van der Waals surface area contributed by atoms with E-state index in [1.807, 2.05) is 42.2 Å². The van der Waals surface area contributed by atoms with Crippen LogP contribution in [-0.4, -0.2) is 30.7 Å². The van der Waals surface area contributed by atoms with E-state index in [-0.39, 0.29) is 0 Å². The molecule has 0 saturated heterocycles. The summed E-state index contributed by atoms with van der Waals surface area (Å²) in [4.78, 5) is 12.1. The van der Waals surface area contributed by atoms with Crippen LogP contribution < -0.4 is 0 Å². The van der Waals surface area contributed by atoms with Crippen LogP contribution in [0.15, 0.2) is 36.7 Å². The third-order valence-electron chi connectivity index (χ3n) is 4.40. The number of para-hydroxylation sites is 2. The van der Waals surface area contributed by atoms with Gasteiger partial charge in [-0.2, -0.15) is 5.10 Å². The lowest BCUT2D eigenvalue weighted by atomic mass is 10.2. The second-order valence-corrected chi connectivity index (χ2v) is 6.40. The van der Waals surface area contributed by atoms with Crippen LogP contribution in [0, 0.1) is 6.92 Å². The first-order chi connectivity index (χ1) is 11.2. The molecule has 1 fully saturated rings. The van der Waals surface area contributed by atoms with E-state index < -0.39 is 0 Å². The number of hydrogen-bond acceptors (Lipinski definition) is 4. The summed E-state index contributed by atoms with van der Waals surface area (Å²) < 4.78 is 1.86. The maximum absolute atomic E-state index is 4.85. The van der Waals surface area contributed by atoms with Crippen molar-refractivity contribution in [2.24, 2.45) is 7.05 Å². The Labute approximate surface area is 136 Å². The van der Waals surface area contributed by atoms with Crippen LogP contribution in [0.3, 0.4) is 0 Å². The van der Waals surface area contributed by atoms with Crippen molar-refractivity contribution >= 4 is 11.0 Å². The lowest BCUT2D eigenvalue weighted by Crippen LogP contribution is -2.26. The molecule has 3 aromatic rings. The highest BCUT2D eigenvalue weighted by atomic mass is 15.3. The number of nitrogens with zero attached hydrogens (tertiary/aromatic N) is 5. The highest BCUT2D eigenvalue weighted by molar-refractivity contribution is 5.74. The lowest BCUT2D eigenvalue weighted by molar-refractivity contribution is 0.242. The standard InChI is InChI=1S/C18H21N5/c1-13-18(21-17-6-4-3-5-16(17)20-13)12-23(15-7-8-15)11-14-9-19-22(2)10-14/h3-6,9-10,15H,7-8,11-12H2,1-2H3. The average Bonchev–Trinajstić information content (AvgIpc) is 3.30. The van der Waals surface area contributed by atoms with Gasteiger partial charge in [0.2, 0.25) is 0 Å². The van der Waals surface area contributed by atoms with Gasteiger partial charge in [-0.3, -0.25) is 9.58 Å². The van der Waals surface area contributed by atoms with Gasteiger partial charge in [-0.05, 0) is 31.9 Å². The number of benzene rings is 1. The van der Waals surface area contributed by atoms with Crippen LogP contribution in [-0.2, 0) is 20.1 Å². The van der Waals surface area contributed by atoms with E-state index in [2.05, 4.69) is 23.1 Å². The zero-order valence-electron chi connectivity index (χ0n) is 13.6. The SMILES string of the molecule is Cc1nc2ccccc2nc1CN(Cc1cnn(C)c1)C1CC1. The molecule has 0 N–H and O–H groups in total. The van der Waals surface area contributed by atoms with Gasteiger partial charge in [0, 0.05) is 37.9 Å². The molecule has 0 unspecified atom stereocenters. The van der Waals surface area contributed by atoms with E-state index >= 15 is 0 Å². The molecule has 0 spiro atoms. The zero-order chi connectivity index (χ0) is 15.8. The summed E-state index contributed by atoms with van der Waals surface area (Å²) in [7, 11) is 1.96. The van der Waals surface area contributed by atoms with E-state index in [1.165, 1.54) is 18.4 Å². The van der Waals surface area contributed by atoms with Gasteiger partial charge in [-0.25, -0.2) is 9.97 Å². The van der Waals surface area contributed by atoms with Crippen molar-refractivity contribution in [2.45, 2.75) is 38.9 Å². The smallest absolute Gasteiger partial charge is 0.0890 e. The summed E-state index contributed by atoms with van der Waals surface area (Å²) in [5.74, 6) is 0. The normalized spacial score (nSPS) is 14.7. The molecule has 1 aliphatic rings. The van der Waals surface area contributed by atoms with Crippen molar-refractivity contribution in [3.05, 3.63) is 53.6 Å². The molecule has 1 aromatic carbocycles. The van der Waals surface area contributed by atoms with Gasteiger partial charge < -0.3 is 0 Å². The molecule has 0 amide bonds. The summed E-state index contributed by atoms with van der Waals surface area (Å²) in [5.41, 5.74) is 5.31. The summed E-state index contributed by atoms with van der Waals surface area (Å²) >= 11 is 0. The Bertz CT molecular complexity index is 834. The monoisotopic (exact) mass is 307 g/mol. The van der Waals surface area contributed by atoms with Crippen molar-refractivity contribution in [3.63, 3.8) is 0 Å². The van der Waals surface area contributed by atoms with Crippen LogP contribution in [0.1, 0.15) is 29.8 Å². The number of aryl methyl sites for hydroxylation is 2. The zero-order valence-corrected chi connectivity index (χ0v) is 13.6. The molecule has 4 rings (SSSR count). The minimum Gasteiger partial charge on any atom is -0.290 e. The van der Waals surface area contributed by atoms with Gasteiger partial charge in [0.15, 0.2) is 0 Å². The van der Waals surface area contributed by atoms with Crippen molar-refractivity contribution in [3.8, 4) is 0 Å². The van der Waals surface area contributed by atoms with E-state index in [0.29, 0.717) is 6.04 Å². The quantitative estimate of drug-likeness (QED) is 0.727. The predicted octanol–water partition coefficient (Wildman–Crippen LogP) is 2.84. The summed E-state index contributed by atoms with van der Waals surface area (Å²) in [6.07, 6.45) is 6.60. The Morgan fingerprint density at radius 1 is 1.13 bits per heavy atom. The molecule has 0 radical (unpaired) electrons. The maximum Gasteiger partial charge on any atom is 0.0890 e. The average molecular weight is 307 g/mol. The van der Waals surface area contributed by atoms with E-state index in [9.17, 15) is 0 Å². The van der Waals surface area contributed by atoms with Crippen LogP contribution >= 0.6 is 0 Å². The van der Waals surface area contributed by atoms with Gasteiger partial charge in [0.25, 0.3) is 0 Å². The summed E-state index contributed by atoms with van der Waals surface area (Å²) in [5, 5.41) is 4.28. The summed E-state index contributed by atoms with van der Waals surface area (Å²) in [6.45, 7) is 3.83. The van der Waals surface area contributed by atoms with Gasteiger partial charge in [0.1, 0.15) is 0 Å². The molecular formula is C18H21N5. The summed E-state index contributed by atoms with van der Waals surface area (Å²) in [6, 6.07) is 8.75. The number of hydrogen-bond donors (Lipinski definition) is 0. The Hall–Kier alpha value is -2.27. The Morgan fingerprint density at radius 3 is 2.52 bits per heavy atom. The first-order valence-corrected chi connectivity index (χ1v) is 8.13. The third kappa shape index (κ3) is 3.10. The third-order valence-corrected chi connectivity index (χ3v) is 4.40. The molecule has 23 heavy (non-hydrogen) atoms. The second kappa shape index (κ2) is 5.74. The van der Waals surface area contributed by atoms with Gasteiger partial charge in [-0.15, -0.1) is 0 Å². The van der Waals surface area contributed by atoms with Crippen LogP contribution in [0.25, 0.3) is 11.0 Å². The van der Waals surface area contributed by atoms with Crippen molar-refractivity contribution in [2.75, 3.05) is 0 Å². The predicted molar refractivity (Wildman–Crippen MR) is 89.8 cm³/mol. The molecule has 2 aromatic heterocycles. The molecule has 1 aliphatic carbocycles. The first-order valence-electron chi connectivity index (χ1n) is 8.13. The highest BCUT2D eigenvalue weighted by Crippen LogP contribution is 2.30. The molecule has 0 atom stereocenters. The molecule has 5 heteroatoms. The minimum absolute atomic E-state index is 0.669. The highest BCUT2D eigenvalue weighted by Gasteiger charge is 2.30. The molecule has 0 aliphatic heterocycles. The number of fused-ring (bicyclic) bond motifs is 1. The van der Waals surface area contributed by atoms with Crippen molar-refractivity contribution in [1.29, 1.82) is 0 Å². The molecule has 118 valence electrons. The van der Waals surface area contributed by atoms with Gasteiger partial charge in [0.05, 0.1) is 28.6 Å². The second-order valence-electron chi connectivity index (χ2n) is 6.40. The molecule has 1 saturated carbocycles. The molecule has 0 bridgehead atoms. The fourth-order valence-electron chi connectivity index (χ4n) is 3.01. The van der Waals surface area contributed by atoms with Crippen LogP contribution in [0.2, 0.25) is 0 Å². The van der Waals surface area contributed by atoms with Crippen molar-refractivity contribution < 1.29 is 0 Å². The maximum atomic E-state index is 4.85. The Balaban J connectivity index is 1.60. The van der Waals surface area contributed by atoms with Crippen molar-refractivity contribution in [1.82, 2.24) is 24.6 Å². The van der Waals surface area contributed by atoms with E-state index in [1.54, 1.807) is 0 Å². The number of rotatable bonds is 5. The topological polar surface area (TPSA) is 46.8 Å². The molecular weight excluding hydrogens is 286 g/mol. The van der Waals surface area contributed by atoms with E-state index in [0.717, 1.165) is 35.5 Å². The Morgan fingerprint density at radius 2 is 1.87 bits per heavy atom. The van der Waals surface area contributed by atoms with E-state index in [4.69, 9.17) is 9.97 Å². The lowest BCUT2D eigenvalue weighted by Gasteiger charge is -2.21. The Kier molecular flexibility index (Phi) is 3.58. The first kappa shape index (κ1) is 14.3. The molecule has 2 heterocycles. The minimum atomic E-state index is 0.669. The van der Waals surface area contributed by atoms with Gasteiger partial charge in [-0.1, -0.05) is 12.1 Å².